The number of anilines is 1. The smallest absolute Gasteiger partial charge is 0.244 e. The third kappa shape index (κ3) is 2.99. The molecule has 1 saturated heterocycles. The standard InChI is InChI=1S/C17H20ClN3O2/c1-11-13(12(2)23-19-11)10-20(3)16-8-9-21(17(16)22)15-7-5-4-6-14(15)18/h4-7,16H,8-10H2,1-3H3/t16-/m0/s1. The van der Waals surface area contributed by atoms with Gasteiger partial charge in [-0.15, -0.1) is 0 Å². The third-order valence-electron chi connectivity index (χ3n) is 4.44. The molecule has 6 heteroatoms. The van der Waals surface area contributed by atoms with Crippen molar-refractivity contribution in [3.63, 3.8) is 0 Å². The average Bonchev–Trinajstić information content (AvgIpc) is 3.05. The zero-order chi connectivity index (χ0) is 16.6. The molecule has 1 aromatic carbocycles. The maximum atomic E-state index is 12.8. The number of rotatable bonds is 4. The summed E-state index contributed by atoms with van der Waals surface area (Å²) in [6.07, 6.45) is 0.782. The zero-order valence-corrected chi connectivity index (χ0v) is 14.3. The van der Waals surface area contributed by atoms with Crippen LogP contribution in [0.25, 0.3) is 0 Å². The Morgan fingerprint density at radius 1 is 1.39 bits per heavy atom. The summed E-state index contributed by atoms with van der Waals surface area (Å²) in [4.78, 5) is 16.6. The number of nitrogens with zero attached hydrogens (tertiary/aromatic N) is 3. The summed E-state index contributed by atoms with van der Waals surface area (Å²) < 4.78 is 5.20. The summed E-state index contributed by atoms with van der Waals surface area (Å²) in [6, 6.07) is 7.31. The molecule has 0 spiro atoms. The third-order valence-corrected chi connectivity index (χ3v) is 4.76. The van der Waals surface area contributed by atoms with Crippen molar-refractivity contribution >= 4 is 23.2 Å². The predicted molar refractivity (Wildman–Crippen MR) is 89.7 cm³/mol. The van der Waals surface area contributed by atoms with Crippen LogP contribution in [0.15, 0.2) is 28.8 Å². The van der Waals surface area contributed by atoms with Crippen LogP contribution in [-0.2, 0) is 11.3 Å². The van der Waals surface area contributed by atoms with E-state index in [0.29, 0.717) is 18.1 Å². The van der Waals surface area contributed by atoms with Crippen LogP contribution in [-0.4, -0.2) is 35.6 Å². The fraction of sp³-hybridized carbons (Fsp3) is 0.412. The Bertz CT molecular complexity index is 709. The van der Waals surface area contributed by atoms with Gasteiger partial charge in [-0.05, 0) is 39.4 Å². The Morgan fingerprint density at radius 3 is 2.78 bits per heavy atom. The second-order valence-corrected chi connectivity index (χ2v) is 6.37. The van der Waals surface area contributed by atoms with Gasteiger partial charge in [0, 0.05) is 18.7 Å². The molecule has 1 aliphatic heterocycles. The van der Waals surface area contributed by atoms with E-state index in [-0.39, 0.29) is 11.9 Å². The van der Waals surface area contributed by atoms with Crippen molar-refractivity contribution in [3.8, 4) is 0 Å². The first kappa shape index (κ1) is 16.0. The lowest BCUT2D eigenvalue weighted by atomic mass is 10.1. The van der Waals surface area contributed by atoms with Crippen molar-refractivity contribution in [2.75, 3.05) is 18.5 Å². The highest BCUT2D eigenvalue weighted by molar-refractivity contribution is 6.33. The number of carbonyl (C=O) groups excluding carboxylic acids is 1. The first-order chi connectivity index (χ1) is 11.0. The Morgan fingerprint density at radius 2 is 2.13 bits per heavy atom. The van der Waals surface area contributed by atoms with E-state index in [4.69, 9.17) is 16.1 Å². The van der Waals surface area contributed by atoms with Gasteiger partial charge in [-0.3, -0.25) is 9.69 Å². The summed E-state index contributed by atoms with van der Waals surface area (Å²) in [5.41, 5.74) is 2.71. The normalized spacial score (nSPS) is 18.2. The number of para-hydroxylation sites is 1. The van der Waals surface area contributed by atoms with Crippen molar-refractivity contribution in [2.24, 2.45) is 0 Å². The minimum absolute atomic E-state index is 0.0901. The average molecular weight is 334 g/mol. The van der Waals surface area contributed by atoms with Gasteiger partial charge < -0.3 is 9.42 Å². The van der Waals surface area contributed by atoms with Crippen molar-refractivity contribution in [2.45, 2.75) is 32.9 Å². The Kier molecular flexibility index (Phi) is 4.41. The van der Waals surface area contributed by atoms with Gasteiger partial charge in [0.1, 0.15) is 5.76 Å². The lowest BCUT2D eigenvalue weighted by Crippen LogP contribution is -2.39. The molecule has 0 saturated carbocycles. The van der Waals surface area contributed by atoms with E-state index in [9.17, 15) is 4.79 Å². The lowest BCUT2D eigenvalue weighted by molar-refractivity contribution is -0.121. The monoisotopic (exact) mass is 333 g/mol. The quantitative estimate of drug-likeness (QED) is 0.862. The molecule has 0 bridgehead atoms. The molecule has 1 atom stereocenters. The van der Waals surface area contributed by atoms with Gasteiger partial charge >= 0.3 is 0 Å². The number of hydrogen-bond acceptors (Lipinski definition) is 4. The molecule has 1 aliphatic rings. The largest absolute Gasteiger partial charge is 0.361 e. The summed E-state index contributed by atoms with van der Waals surface area (Å²) in [6.45, 7) is 5.15. The van der Waals surface area contributed by atoms with Crippen LogP contribution in [0.3, 0.4) is 0 Å². The molecule has 0 N–H and O–H groups in total. The zero-order valence-electron chi connectivity index (χ0n) is 13.5. The second kappa shape index (κ2) is 6.34. The van der Waals surface area contributed by atoms with Gasteiger partial charge in [-0.25, -0.2) is 0 Å². The minimum atomic E-state index is -0.153. The summed E-state index contributed by atoms with van der Waals surface area (Å²) in [5, 5.41) is 4.58. The molecule has 0 radical (unpaired) electrons. The molecule has 2 aromatic rings. The van der Waals surface area contributed by atoms with Crippen molar-refractivity contribution in [1.82, 2.24) is 10.1 Å². The first-order valence-electron chi connectivity index (χ1n) is 7.67. The summed E-state index contributed by atoms with van der Waals surface area (Å²) >= 11 is 6.23. The van der Waals surface area contributed by atoms with Gasteiger partial charge in [0.25, 0.3) is 0 Å². The van der Waals surface area contributed by atoms with Gasteiger partial charge in [0.15, 0.2) is 0 Å². The molecule has 1 amide bonds. The molecule has 3 rings (SSSR count). The Balaban J connectivity index is 1.75. The van der Waals surface area contributed by atoms with Crippen LogP contribution in [0.2, 0.25) is 5.02 Å². The van der Waals surface area contributed by atoms with Gasteiger partial charge in [-0.2, -0.15) is 0 Å². The Hall–Kier alpha value is -1.85. The van der Waals surface area contributed by atoms with Crippen LogP contribution in [0.4, 0.5) is 5.69 Å². The van der Waals surface area contributed by atoms with Crippen molar-refractivity contribution < 1.29 is 9.32 Å². The lowest BCUT2D eigenvalue weighted by Gasteiger charge is -2.24. The van der Waals surface area contributed by atoms with Crippen LogP contribution < -0.4 is 4.90 Å². The van der Waals surface area contributed by atoms with E-state index in [0.717, 1.165) is 29.1 Å². The van der Waals surface area contributed by atoms with E-state index in [1.54, 1.807) is 4.90 Å². The van der Waals surface area contributed by atoms with Crippen LogP contribution in [0.5, 0.6) is 0 Å². The van der Waals surface area contributed by atoms with E-state index >= 15 is 0 Å². The number of halogens is 1. The molecule has 1 fully saturated rings. The summed E-state index contributed by atoms with van der Waals surface area (Å²) in [7, 11) is 1.96. The fourth-order valence-electron chi connectivity index (χ4n) is 3.07. The number of amides is 1. The number of aromatic nitrogens is 1. The second-order valence-electron chi connectivity index (χ2n) is 5.96. The topological polar surface area (TPSA) is 49.6 Å². The van der Waals surface area contributed by atoms with Crippen molar-refractivity contribution in [3.05, 3.63) is 46.3 Å². The molecular weight excluding hydrogens is 314 g/mol. The molecule has 5 nitrogen and oxygen atoms in total. The number of aryl methyl sites for hydroxylation is 2. The van der Waals surface area contributed by atoms with E-state index in [2.05, 4.69) is 10.1 Å². The van der Waals surface area contributed by atoms with Gasteiger partial charge in [0.05, 0.1) is 22.4 Å². The molecule has 0 aliphatic carbocycles. The molecule has 1 aromatic heterocycles. The maximum Gasteiger partial charge on any atom is 0.244 e. The highest BCUT2D eigenvalue weighted by Crippen LogP contribution is 2.30. The number of carbonyl (C=O) groups is 1. The Labute approximate surface area is 140 Å². The van der Waals surface area contributed by atoms with Crippen LogP contribution >= 0.6 is 11.6 Å². The van der Waals surface area contributed by atoms with Gasteiger partial charge in [-0.1, -0.05) is 28.9 Å². The minimum Gasteiger partial charge on any atom is -0.361 e. The number of hydrogen-bond donors (Lipinski definition) is 0. The number of likely N-dealkylation sites (N-methyl/N-ethyl adjacent to an activating group) is 1. The molecule has 23 heavy (non-hydrogen) atoms. The summed E-state index contributed by atoms with van der Waals surface area (Å²) in [5.74, 6) is 0.898. The predicted octanol–water partition coefficient (Wildman–Crippen LogP) is 3.18. The van der Waals surface area contributed by atoms with Crippen LogP contribution in [0, 0.1) is 13.8 Å². The SMILES string of the molecule is Cc1noc(C)c1CN(C)[C@H]1CCN(c2ccccc2Cl)C1=O. The highest BCUT2D eigenvalue weighted by atomic mass is 35.5. The van der Waals surface area contributed by atoms with E-state index in [1.807, 2.05) is 45.2 Å². The molecule has 2 heterocycles. The maximum absolute atomic E-state index is 12.8. The van der Waals surface area contributed by atoms with Crippen molar-refractivity contribution in [1.29, 1.82) is 0 Å². The van der Waals surface area contributed by atoms with Gasteiger partial charge in [0.2, 0.25) is 5.91 Å². The van der Waals surface area contributed by atoms with E-state index in [1.165, 1.54) is 0 Å². The number of benzene rings is 1. The molecular formula is C17H20ClN3O2. The molecule has 0 unspecified atom stereocenters. The highest BCUT2D eigenvalue weighted by Gasteiger charge is 2.36. The van der Waals surface area contributed by atoms with Crippen LogP contribution in [0.1, 0.15) is 23.4 Å². The fourth-order valence-corrected chi connectivity index (χ4v) is 3.31. The molecule has 122 valence electrons. The first-order valence-corrected chi connectivity index (χ1v) is 8.04. The van der Waals surface area contributed by atoms with E-state index < -0.39 is 0 Å².